The molecule has 1 fully saturated rings. The van der Waals surface area contributed by atoms with Crippen LogP contribution in [0.4, 0.5) is 5.82 Å². The van der Waals surface area contributed by atoms with Crippen molar-refractivity contribution in [1.29, 1.82) is 0 Å². The summed E-state index contributed by atoms with van der Waals surface area (Å²) in [5.41, 5.74) is 0.272. The third kappa shape index (κ3) is 2.78. The van der Waals surface area contributed by atoms with Crippen LogP contribution in [-0.4, -0.2) is 36.1 Å². The van der Waals surface area contributed by atoms with Gasteiger partial charge in [0.1, 0.15) is 5.82 Å². The molecule has 0 amide bonds. The molecule has 1 unspecified atom stereocenters. The van der Waals surface area contributed by atoms with Gasteiger partial charge in [0.15, 0.2) is 5.69 Å². The molecule has 1 aliphatic rings. The monoisotopic (exact) mass is 249 g/mol. The highest BCUT2D eigenvalue weighted by Gasteiger charge is 2.23. The highest BCUT2D eigenvalue weighted by molar-refractivity contribution is 5.87. The Bertz CT molecular complexity index is 422. The lowest BCUT2D eigenvalue weighted by atomic mass is 10.0. The Morgan fingerprint density at radius 2 is 2.39 bits per heavy atom. The lowest BCUT2D eigenvalue weighted by Gasteiger charge is -2.17. The minimum absolute atomic E-state index is 0.272. The number of rotatable bonds is 4. The van der Waals surface area contributed by atoms with Gasteiger partial charge in [-0.3, -0.25) is 4.98 Å². The van der Waals surface area contributed by atoms with Gasteiger partial charge in [-0.1, -0.05) is 13.3 Å². The first-order chi connectivity index (χ1) is 8.74. The molecule has 0 aliphatic carbocycles. The normalized spacial score (nSPS) is 19.0. The van der Waals surface area contributed by atoms with Gasteiger partial charge in [-0.05, 0) is 18.8 Å². The van der Waals surface area contributed by atoms with Crippen molar-refractivity contribution in [2.45, 2.75) is 26.2 Å². The predicted molar refractivity (Wildman–Crippen MR) is 68.6 cm³/mol. The number of hydrogen-bond donors (Lipinski definition) is 0. The van der Waals surface area contributed by atoms with Crippen LogP contribution in [0.2, 0.25) is 0 Å². The maximum atomic E-state index is 11.4. The SMILES string of the molecule is CCCC1CCN(c2cncc(C(=O)OC)n2)C1. The van der Waals surface area contributed by atoms with Gasteiger partial charge < -0.3 is 9.64 Å². The topological polar surface area (TPSA) is 55.3 Å². The average Bonchev–Trinajstić information content (AvgIpc) is 2.87. The van der Waals surface area contributed by atoms with Gasteiger partial charge in [-0.15, -0.1) is 0 Å². The molecule has 2 rings (SSSR count). The van der Waals surface area contributed by atoms with E-state index in [-0.39, 0.29) is 5.69 Å². The molecule has 0 spiro atoms. The van der Waals surface area contributed by atoms with Crippen LogP contribution in [-0.2, 0) is 4.74 Å². The molecule has 2 heterocycles. The molecule has 5 nitrogen and oxygen atoms in total. The van der Waals surface area contributed by atoms with Crippen molar-refractivity contribution in [2.75, 3.05) is 25.1 Å². The fourth-order valence-corrected chi connectivity index (χ4v) is 2.40. The Kier molecular flexibility index (Phi) is 4.12. The van der Waals surface area contributed by atoms with Crippen molar-refractivity contribution in [3.05, 3.63) is 18.1 Å². The van der Waals surface area contributed by atoms with Gasteiger partial charge in [0.25, 0.3) is 0 Å². The quantitative estimate of drug-likeness (QED) is 0.763. The number of methoxy groups -OCH3 is 1. The first kappa shape index (κ1) is 12.8. The first-order valence-corrected chi connectivity index (χ1v) is 6.40. The van der Waals surface area contributed by atoms with E-state index in [9.17, 15) is 4.79 Å². The third-order valence-electron chi connectivity index (χ3n) is 3.32. The third-order valence-corrected chi connectivity index (χ3v) is 3.32. The number of aromatic nitrogens is 2. The van der Waals surface area contributed by atoms with Crippen molar-refractivity contribution in [3.63, 3.8) is 0 Å². The summed E-state index contributed by atoms with van der Waals surface area (Å²) in [4.78, 5) is 22.0. The number of hydrogen-bond acceptors (Lipinski definition) is 5. The molecule has 1 saturated heterocycles. The van der Waals surface area contributed by atoms with E-state index in [1.165, 1.54) is 32.6 Å². The van der Waals surface area contributed by atoms with Crippen LogP contribution in [0, 0.1) is 5.92 Å². The number of carbonyl (C=O) groups excluding carboxylic acids is 1. The fourth-order valence-electron chi connectivity index (χ4n) is 2.40. The highest BCUT2D eigenvalue weighted by Crippen LogP contribution is 2.24. The summed E-state index contributed by atoms with van der Waals surface area (Å²) in [6, 6.07) is 0. The van der Waals surface area contributed by atoms with E-state index < -0.39 is 5.97 Å². The van der Waals surface area contributed by atoms with Crippen LogP contribution < -0.4 is 4.90 Å². The Morgan fingerprint density at radius 1 is 1.56 bits per heavy atom. The summed E-state index contributed by atoms with van der Waals surface area (Å²) >= 11 is 0. The predicted octanol–water partition coefficient (Wildman–Crippen LogP) is 1.89. The summed E-state index contributed by atoms with van der Waals surface area (Å²) in [7, 11) is 1.35. The maximum Gasteiger partial charge on any atom is 0.358 e. The van der Waals surface area contributed by atoms with E-state index >= 15 is 0 Å². The van der Waals surface area contributed by atoms with Gasteiger partial charge in [-0.2, -0.15) is 0 Å². The number of nitrogens with zero attached hydrogens (tertiary/aromatic N) is 3. The summed E-state index contributed by atoms with van der Waals surface area (Å²) in [6.45, 7) is 4.21. The molecule has 18 heavy (non-hydrogen) atoms. The van der Waals surface area contributed by atoms with E-state index in [1.807, 2.05) is 0 Å². The van der Waals surface area contributed by atoms with Gasteiger partial charge >= 0.3 is 5.97 Å². The molecule has 1 aromatic rings. The minimum atomic E-state index is -0.436. The van der Waals surface area contributed by atoms with Gasteiger partial charge in [0.2, 0.25) is 0 Å². The molecule has 0 saturated carbocycles. The Balaban J connectivity index is 2.08. The molecular weight excluding hydrogens is 230 g/mol. The molecule has 0 N–H and O–H groups in total. The summed E-state index contributed by atoms with van der Waals surface area (Å²) in [5.74, 6) is 1.07. The zero-order valence-corrected chi connectivity index (χ0v) is 10.9. The van der Waals surface area contributed by atoms with Crippen molar-refractivity contribution < 1.29 is 9.53 Å². The minimum Gasteiger partial charge on any atom is -0.464 e. The van der Waals surface area contributed by atoms with E-state index in [2.05, 4.69) is 26.5 Å². The second-order valence-electron chi connectivity index (χ2n) is 4.64. The van der Waals surface area contributed by atoms with Crippen LogP contribution in [0.25, 0.3) is 0 Å². The van der Waals surface area contributed by atoms with Crippen LogP contribution in [0.3, 0.4) is 0 Å². The second-order valence-corrected chi connectivity index (χ2v) is 4.64. The zero-order chi connectivity index (χ0) is 13.0. The first-order valence-electron chi connectivity index (χ1n) is 6.40. The number of ether oxygens (including phenoxy) is 1. The second kappa shape index (κ2) is 5.80. The summed E-state index contributed by atoms with van der Waals surface area (Å²) in [6.07, 6.45) is 6.81. The van der Waals surface area contributed by atoms with Crippen LogP contribution in [0.1, 0.15) is 36.7 Å². The Morgan fingerprint density at radius 3 is 3.11 bits per heavy atom. The molecule has 0 bridgehead atoms. The molecule has 1 aliphatic heterocycles. The van der Waals surface area contributed by atoms with Crippen LogP contribution in [0.5, 0.6) is 0 Å². The van der Waals surface area contributed by atoms with Gasteiger partial charge in [0.05, 0.1) is 19.5 Å². The molecule has 0 radical (unpaired) electrons. The fraction of sp³-hybridized carbons (Fsp3) is 0.615. The number of esters is 1. The van der Waals surface area contributed by atoms with Crippen molar-refractivity contribution in [1.82, 2.24) is 9.97 Å². The molecule has 1 aromatic heterocycles. The number of carbonyl (C=O) groups is 1. The standard InChI is InChI=1S/C13H19N3O2/c1-3-4-10-5-6-16(9-10)12-8-14-7-11(15-12)13(17)18-2/h7-8,10H,3-6,9H2,1-2H3. The van der Waals surface area contributed by atoms with Crippen molar-refractivity contribution >= 4 is 11.8 Å². The lowest BCUT2D eigenvalue weighted by molar-refractivity contribution is 0.0593. The van der Waals surface area contributed by atoms with Crippen molar-refractivity contribution in [3.8, 4) is 0 Å². The molecule has 1 atom stereocenters. The Labute approximate surface area is 107 Å². The van der Waals surface area contributed by atoms with E-state index in [4.69, 9.17) is 0 Å². The molecule has 98 valence electrons. The highest BCUT2D eigenvalue weighted by atomic mass is 16.5. The smallest absolute Gasteiger partial charge is 0.358 e. The number of anilines is 1. The van der Waals surface area contributed by atoms with E-state index in [0.29, 0.717) is 0 Å². The summed E-state index contributed by atoms with van der Waals surface area (Å²) < 4.78 is 4.65. The Hall–Kier alpha value is -1.65. The maximum absolute atomic E-state index is 11.4. The van der Waals surface area contributed by atoms with Gasteiger partial charge in [0, 0.05) is 13.1 Å². The molecule has 5 heteroatoms. The molecular formula is C13H19N3O2. The van der Waals surface area contributed by atoms with Gasteiger partial charge in [-0.25, -0.2) is 9.78 Å². The largest absolute Gasteiger partial charge is 0.464 e. The summed E-state index contributed by atoms with van der Waals surface area (Å²) in [5, 5.41) is 0. The molecule has 0 aromatic carbocycles. The van der Waals surface area contributed by atoms with E-state index in [1.54, 1.807) is 6.20 Å². The zero-order valence-electron chi connectivity index (χ0n) is 10.9. The lowest BCUT2D eigenvalue weighted by Crippen LogP contribution is -2.22. The van der Waals surface area contributed by atoms with Crippen LogP contribution >= 0.6 is 0 Å². The average molecular weight is 249 g/mol. The van der Waals surface area contributed by atoms with Crippen molar-refractivity contribution in [2.24, 2.45) is 5.92 Å². The van der Waals surface area contributed by atoms with Crippen LogP contribution in [0.15, 0.2) is 12.4 Å². The van der Waals surface area contributed by atoms with E-state index in [0.717, 1.165) is 24.8 Å².